The third kappa shape index (κ3) is 5.95. The zero-order valence-electron chi connectivity index (χ0n) is 17.6. The number of nitro benzene ring substituents is 1. The molecule has 2 N–H and O–H groups in total. The SMILES string of the molecule is COc1ccc(C(=NOCc2ccc([N+](=O)[O-])cc2)[C@H]2CC[C@H](CCO)CC2)cc1O. The average Bonchev–Trinajstić information content (AvgIpc) is 2.78. The number of aliphatic hydroxyl groups is 1. The van der Waals surface area contributed by atoms with E-state index in [0.717, 1.165) is 48.9 Å². The van der Waals surface area contributed by atoms with Crippen LogP contribution in [0.5, 0.6) is 11.5 Å². The Morgan fingerprint density at radius 2 is 1.87 bits per heavy atom. The number of nitrogens with zero attached hydrogens (tertiary/aromatic N) is 2. The van der Waals surface area contributed by atoms with Crippen molar-refractivity contribution in [3.63, 3.8) is 0 Å². The van der Waals surface area contributed by atoms with Crippen LogP contribution in [0.15, 0.2) is 47.6 Å². The number of methoxy groups -OCH3 is 1. The first-order valence-corrected chi connectivity index (χ1v) is 10.4. The maximum Gasteiger partial charge on any atom is 0.269 e. The van der Waals surface area contributed by atoms with Gasteiger partial charge in [-0.25, -0.2) is 0 Å². The molecule has 8 heteroatoms. The second-order valence-electron chi connectivity index (χ2n) is 7.79. The fourth-order valence-electron chi connectivity index (χ4n) is 4.01. The van der Waals surface area contributed by atoms with E-state index in [2.05, 4.69) is 5.16 Å². The van der Waals surface area contributed by atoms with Crippen molar-refractivity contribution in [1.29, 1.82) is 0 Å². The summed E-state index contributed by atoms with van der Waals surface area (Å²) in [5.74, 6) is 1.13. The molecule has 0 atom stereocenters. The van der Waals surface area contributed by atoms with Gasteiger partial charge in [0.1, 0.15) is 6.61 Å². The summed E-state index contributed by atoms with van der Waals surface area (Å²) >= 11 is 0. The maximum atomic E-state index is 10.8. The van der Waals surface area contributed by atoms with Crippen LogP contribution < -0.4 is 4.74 Å². The Kier molecular flexibility index (Phi) is 7.83. The molecule has 0 aromatic heterocycles. The maximum absolute atomic E-state index is 10.8. The van der Waals surface area contributed by atoms with E-state index in [1.165, 1.54) is 19.2 Å². The molecule has 0 radical (unpaired) electrons. The van der Waals surface area contributed by atoms with Crippen molar-refractivity contribution < 1.29 is 24.7 Å². The van der Waals surface area contributed by atoms with Gasteiger partial charge in [0.2, 0.25) is 0 Å². The van der Waals surface area contributed by atoms with Gasteiger partial charge in [0, 0.05) is 30.2 Å². The molecule has 0 unspecified atom stereocenters. The summed E-state index contributed by atoms with van der Waals surface area (Å²) in [6, 6.07) is 11.4. The lowest BCUT2D eigenvalue weighted by Gasteiger charge is -2.29. The molecule has 2 aromatic carbocycles. The number of ether oxygens (including phenoxy) is 1. The summed E-state index contributed by atoms with van der Waals surface area (Å²) in [7, 11) is 1.50. The Labute approximate surface area is 181 Å². The molecule has 3 rings (SSSR count). The molecule has 0 heterocycles. The van der Waals surface area contributed by atoms with Crippen LogP contribution in [0.3, 0.4) is 0 Å². The highest BCUT2D eigenvalue weighted by molar-refractivity contribution is 6.02. The Morgan fingerprint density at radius 3 is 2.45 bits per heavy atom. The van der Waals surface area contributed by atoms with E-state index in [0.29, 0.717) is 11.7 Å². The Balaban J connectivity index is 1.76. The molecule has 166 valence electrons. The first-order chi connectivity index (χ1) is 15.0. The zero-order valence-corrected chi connectivity index (χ0v) is 17.6. The van der Waals surface area contributed by atoms with Gasteiger partial charge in [-0.15, -0.1) is 0 Å². The van der Waals surface area contributed by atoms with Gasteiger partial charge >= 0.3 is 0 Å². The predicted molar refractivity (Wildman–Crippen MR) is 116 cm³/mol. The van der Waals surface area contributed by atoms with Crippen molar-refractivity contribution in [2.45, 2.75) is 38.7 Å². The van der Waals surface area contributed by atoms with Crippen LogP contribution >= 0.6 is 0 Å². The van der Waals surface area contributed by atoms with E-state index in [1.807, 2.05) is 6.07 Å². The highest BCUT2D eigenvalue weighted by Gasteiger charge is 2.26. The highest BCUT2D eigenvalue weighted by atomic mass is 16.6. The molecule has 0 spiro atoms. The van der Waals surface area contributed by atoms with E-state index in [-0.39, 0.29) is 30.6 Å². The van der Waals surface area contributed by atoms with Crippen molar-refractivity contribution in [2.75, 3.05) is 13.7 Å². The van der Waals surface area contributed by atoms with E-state index >= 15 is 0 Å². The number of hydrogen-bond donors (Lipinski definition) is 2. The van der Waals surface area contributed by atoms with E-state index in [9.17, 15) is 20.3 Å². The molecule has 31 heavy (non-hydrogen) atoms. The number of non-ortho nitro benzene ring substituents is 1. The molecule has 8 nitrogen and oxygen atoms in total. The molecule has 1 fully saturated rings. The summed E-state index contributed by atoms with van der Waals surface area (Å²) in [5, 5.41) is 34.6. The number of benzene rings is 2. The van der Waals surface area contributed by atoms with Gasteiger partial charge in [-0.2, -0.15) is 0 Å². The lowest BCUT2D eigenvalue weighted by Crippen LogP contribution is -2.23. The van der Waals surface area contributed by atoms with Crippen LogP contribution in [0.4, 0.5) is 5.69 Å². The molecular formula is C23H28N2O6. The van der Waals surface area contributed by atoms with Crippen LogP contribution in [0.1, 0.15) is 43.2 Å². The lowest BCUT2D eigenvalue weighted by atomic mass is 9.77. The number of phenolic OH excluding ortho intramolecular Hbond substituents is 1. The van der Waals surface area contributed by atoms with Gasteiger partial charge in [0.25, 0.3) is 5.69 Å². The normalized spacial score (nSPS) is 19.1. The van der Waals surface area contributed by atoms with Crippen molar-refractivity contribution in [3.8, 4) is 11.5 Å². The number of aliphatic hydroxyl groups excluding tert-OH is 1. The van der Waals surface area contributed by atoms with Gasteiger partial charge in [-0.1, -0.05) is 5.16 Å². The van der Waals surface area contributed by atoms with Crippen LogP contribution in [-0.4, -0.2) is 34.6 Å². The molecule has 2 aromatic rings. The third-order valence-corrected chi connectivity index (χ3v) is 5.79. The Bertz CT molecular complexity index is 905. The smallest absolute Gasteiger partial charge is 0.269 e. The average molecular weight is 428 g/mol. The summed E-state index contributed by atoms with van der Waals surface area (Å²) in [6.07, 6.45) is 4.69. The molecular weight excluding hydrogens is 400 g/mol. The number of nitro groups is 1. The Hall–Kier alpha value is -3.13. The number of phenols is 1. The standard InChI is InChI=1S/C23H28N2O6/c1-30-22-11-8-19(14-21(22)27)23(18-6-2-16(3-7-18)12-13-26)24-31-15-17-4-9-20(10-5-17)25(28)29/h4-5,8-11,14,16,18,26-27H,2-3,6-7,12-13,15H2,1H3/t16-,18-. The first-order valence-electron chi connectivity index (χ1n) is 10.4. The fourth-order valence-corrected chi connectivity index (χ4v) is 4.01. The van der Waals surface area contributed by atoms with Gasteiger partial charge in [-0.3, -0.25) is 10.1 Å². The second-order valence-corrected chi connectivity index (χ2v) is 7.79. The predicted octanol–water partition coefficient (Wildman–Crippen LogP) is 4.42. The second kappa shape index (κ2) is 10.8. The summed E-state index contributed by atoms with van der Waals surface area (Å²) in [6.45, 7) is 0.393. The molecule has 1 saturated carbocycles. The van der Waals surface area contributed by atoms with Crippen LogP contribution in [0.25, 0.3) is 0 Å². The van der Waals surface area contributed by atoms with Gasteiger partial charge in [-0.05, 0) is 73.9 Å². The van der Waals surface area contributed by atoms with Crippen molar-refractivity contribution in [2.24, 2.45) is 17.0 Å². The zero-order chi connectivity index (χ0) is 22.2. The minimum atomic E-state index is -0.440. The number of rotatable bonds is 9. The van der Waals surface area contributed by atoms with Gasteiger partial charge in [0.15, 0.2) is 11.5 Å². The molecule has 0 bridgehead atoms. The minimum absolute atomic E-state index is 0.0290. The van der Waals surface area contributed by atoms with Gasteiger partial charge < -0.3 is 19.8 Å². The Morgan fingerprint density at radius 1 is 1.16 bits per heavy atom. The lowest BCUT2D eigenvalue weighted by molar-refractivity contribution is -0.384. The third-order valence-electron chi connectivity index (χ3n) is 5.79. The quantitative estimate of drug-likeness (QED) is 0.347. The minimum Gasteiger partial charge on any atom is -0.504 e. The van der Waals surface area contributed by atoms with E-state index < -0.39 is 4.92 Å². The van der Waals surface area contributed by atoms with Crippen molar-refractivity contribution >= 4 is 11.4 Å². The molecule has 0 aliphatic heterocycles. The largest absolute Gasteiger partial charge is 0.504 e. The molecule has 0 saturated heterocycles. The van der Waals surface area contributed by atoms with E-state index in [4.69, 9.17) is 9.57 Å². The molecule has 0 amide bonds. The van der Waals surface area contributed by atoms with Crippen molar-refractivity contribution in [1.82, 2.24) is 0 Å². The highest BCUT2D eigenvalue weighted by Crippen LogP contribution is 2.35. The molecule has 1 aliphatic carbocycles. The van der Waals surface area contributed by atoms with Crippen molar-refractivity contribution in [3.05, 3.63) is 63.7 Å². The van der Waals surface area contributed by atoms with Crippen LogP contribution in [0.2, 0.25) is 0 Å². The number of hydrogen-bond acceptors (Lipinski definition) is 7. The number of oxime groups is 1. The monoisotopic (exact) mass is 428 g/mol. The number of aromatic hydroxyl groups is 1. The fraction of sp³-hybridized carbons (Fsp3) is 0.435. The summed E-state index contributed by atoms with van der Waals surface area (Å²) in [4.78, 5) is 16.0. The van der Waals surface area contributed by atoms with Gasteiger partial charge in [0.05, 0.1) is 17.7 Å². The van der Waals surface area contributed by atoms with E-state index in [1.54, 1.807) is 24.3 Å². The first kappa shape index (κ1) is 22.6. The van der Waals surface area contributed by atoms with Crippen LogP contribution in [0, 0.1) is 22.0 Å². The topological polar surface area (TPSA) is 114 Å². The molecule has 1 aliphatic rings. The summed E-state index contributed by atoms with van der Waals surface area (Å²) < 4.78 is 5.14. The summed E-state index contributed by atoms with van der Waals surface area (Å²) in [5.41, 5.74) is 2.34. The van der Waals surface area contributed by atoms with Crippen LogP contribution in [-0.2, 0) is 11.4 Å².